The highest BCUT2D eigenvalue weighted by Crippen LogP contribution is 2.40. The Morgan fingerprint density at radius 2 is 1.41 bits per heavy atom. The molecule has 0 saturated carbocycles. The summed E-state index contributed by atoms with van der Waals surface area (Å²) in [6, 6.07) is 4.38. The minimum absolute atomic E-state index is 0.830. The van der Waals surface area contributed by atoms with Crippen LogP contribution < -0.4 is 4.74 Å². The van der Waals surface area contributed by atoms with Gasteiger partial charge >= 0.3 is 0 Å². The summed E-state index contributed by atoms with van der Waals surface area (Å²) in [5.74, 6) is 0.836. The molecule has 0 radical (unpaired) electrons. The monoisotopic (exact) mass is 430 g/mol. The Kier molecular flexibility index (Phi) is 9.42. The SMILES string of the molecule is CCCCCCCCCOc1cc2sc(-c3ncc(CCCCC)cn3)cc2s1. The highest BCUT2D eigenvalue weighted by Gasteiger charge is 2.11. The van der Waals surface area contributed by atoms with Gasteiger partial charge in [0.05, 0.1) is 11.5 Å². The number of aryl methyl sites for hydroxylation is 1. The van der Waals surface area contributed by atoms with E-state index in [1.54, 1.807) is 22.7 Å². The van der Waals surface area contributed by atoms with E-state index in [9.17, 15) is 0 Å². The summed E-state index contributed by atoms with van der Waals surface area (Å²) in [7, 11) is 0. The van der Waals surface area contributed by atoms with Gasteiger partial charge in [0, 0.05) is 27.9 Å². The molecule has 29 heavy (non-hydrogen) atoms. The lowest BCUT2D eigenvalue weighted by Crippen LogP contribution is -1.95. The zero-order valence-corrected chi connectivity index (χ0v) is 19.5. The molecule has 0 saturated heterocycles. The van der Waals surface area contributed by atoms with E-state index in [0.717, 1.165) is 35.2 Å². The molecule has 3 heterocycles. The van der Waals surface area contributed by atoms with E-state index in [4.69, 9.17) is 4.74 Å². The predicted octanol–water partition coefficient (Wildman–Crippen LogP) is 8.28. The maximum atomic E-state index is 5.98. The molecular weight excluding hydrogens is 396 g/mol. The fraction of sp³-hybridized carbons (Fsp3) is 0.583. The molecule has 3 rings (SSSR count). The minimum atomic E-state index is 0.830. The molecule has 5 heteroatoms. The van der Waals surface area contributed by atoms with Crippen molar-refractivity contribution in [3.63, 3.8) is 0 Å². The number of rotatable bonds is 14. The first-order chi connectivity index (χ1) is 14.3. The maximum absolute atomic E-state index is 5.98. The van der Waals surface area contributed by atoms with Gasteiger partial charge in [0.1, 0.15) is 0 Å². The van der Waals surface area contributed by atoms with Crippen LogP contribution in [0, 0.1) is 0 Å². The lowest BCUT2D eigenvalue weighted by atomic mass is 10.1. The van der Waals surface area contributed by atoms with Crippen molar-refractivity contribution < 1.29 is 4.74 Å². The van der Waals surface area contributed by atoms with Crippen molar-refractivity contribution in [1.82, 2.24) is 9.97 Å². The van der Waals surface area contributed by atoms with Crippen molar-refractivity contribution in [2.75, 3.05) is 6.61 Å². The quantitative estimate of drug-likeness (QED) is 0.241. The fourth-order valence-electron chi connectivity index (χ4n) is 3.42. The third-order valence-electron chi connectivity index (χ3n) is 5.17. The van der Waals surface area contributed by atoms with Crippen molar-refractivity contribution >= 4 is 32.1 Å². The summed E-state index contributed by atoms with van der Waals surface area (Å²) in [6.45, 7) is 5.33. The molecule has 0 aliphatic rings. The van der Waals surface area contributed by atoms with Gasteiger partial charge < -0.3 is 4.74 Å². The average molecular weight is 431 g/mol. The van der Waals surface area contributed by atoms with E-state index in [1.807, 2.05) is 12.4 Å². The standard InChI is InChI=1S/C24H34N2OS2/c1-3-5-7-8-9-10-12-14-27-23-16-21-20(29-23)15-22(28-21)24-25-17-19(18-26-24)13-11-6-4-2/h15-18H,3-14H2,1-2H3. The normalized spacial score (nSPS) is 11.4. The van der Waals surface area contributed by atoms with E-state index in [1.165, 1.54) is 72.8 Å². The van der Waals surface area contributed by atoms with E-state index in [0.29, 0.717) is 0 Å². The third-order valence-corrected chi connectivity index (χ3v) is 7.37. The zero-order valence-electron chi connectivity index (χ0n) is 17.9. The Morgan fingerprint density at radius 1 is 0.759 bits per heavy atom. The Morgan fingerprint density at radius 3 is 2.14 bits per heavy atom. The number of hydrogen-bond donors (Lipinski definition) is 0. The summed E-state index contributed by atoms with van der Waals surface area (Å²) in [6.07, 6.45) is 18.0. The molecule has 0 fully saturated rings. The summed E-state index contributed by atoms with van der Waals surface area (Å²) in [5.41, 5.74) is 1.24. The molecule has 3 aromatic heterocycles. The molecule has 158 valence electrons. The smallest absolute Gasteiger partial charge is 0.175 e. The van der Waals surface area contributed by atoms with Crippen molar-refractivity contribution in [1.29, 1.82) is 0 Å². The second-order valence-corrected chi connectivity index (χ2v) is 9.88. The van der Waals surface area contributed by atoms with Crippen LogP contribution in [-0.2, 0) is 6.42 Å². The first kappa shape index (κ1) is 22.2. The number of nitrogens with zero attached hydrogens (tertiary/aromatic N) is 2. The molecule has 0 bridgehead atoms. The van der Waals surface area contributed by atoms with Crippen molar-refractivity contribution in [2.45, 2.75) is 84.5 Å². The Balaban J connectivity index is 1.45. The summed E-state index contributed by atoms with van der Waals surface area (Å²) in [5, 5.41) is 1.04. The molecule has 0 aromatic carbocycles. The molecule has 0 aliphatic heterocycles. The van der Waals surface area contributed by atoms with Crippen LogP contribution in [0.4, 0.5) is 0 Å². The van der Waals surface area contributed by atoms with Gasteiger partial charge in [-0.15, -0.1) is 11.3 Å². The average Bonchev–Trinajstić information content (AvgIpc) is 3.29. The fourth-order valence-corrected chi connectivity index (χ4v) is 5.62. The molecule has 0 amide bonds. The van der Waals surface area contributed by atoms with Gasteiger partial charge in [-0.1, -0.05) is 76.6 Å². The first-order valence-electron chi connectivity index (χ1n) is 11.3. The van der Waals surface area contributed by atoms with Crippen LogP contribution in [0.5, 0.6) is 5.06 Å². The summed E-state index contributed by atoms with van der Waals surface area (Å²) >= 11 is 3.50. The Hall–Kier alpha value is -1.46. The van der Waals surface area contributed by atoms with Crippen LogP contribution in [0.15, 0.2) is 24.5 Å². The molecule has 0 atom stereocenters. The number of ether oxygens (including phenoxy) is 1. The number of hydrogen-bond acceptors (Lipinski definition) is 5. The molecule has 3 nitrogen and oxygen atoms in total. The first-order valence-corrected chi connectivity index (χ1v) is 12.9. The molecule has 3 aromatic rings. The lowest BCUT2D eigenvalue weighted by Gasteiger charge is -2.03. The third kappa shape index (κ3) is 7.07. The topological polar surface area (TPSA) is 35.0 Å². The summed E-state index contributed by atoms with van der Waals surface area (Å²) < 4.78 is 8.53. The van der Waals surface area contributed by atoms with Gasteiger partial charge in [0.25, 0.3) is 0 Å². The summed E-state index contributed by atoms with van der Waals surface area (Å²) in [4.78, 5) is 10.3. The largest absolute Gasteiger partial charge is 0.484 e. The van der Waals surface area contributed by atoms with Gasteiger partial charge in [-0.3, -0.25) is 0 Å². The number of aromatic nitrogens is 2. The minimum Gasteiger partial charge on any atom is -0.484 e. The van der Waals surface area contributed by atoms with Gasteiger partial charge in [-0.25, -0.2) is 9.97 Å². The van der Waals surface area contributed by atoms with E-state index < -0.39 is 0 Å². The van der Waals surface area contributed by atoms with Gasteiger partial charge in [-0.2, -0.15) is 0 Å². The van der Waals surface area contributed by atoms with Crippen molar-refractivity contribution in [3.05, 3.63) is 30.1 Å². The Labute approximate surface area is 183 Å². The van der Waals surface area contributed by atoms with E-state index >= 15 is 0 Å². The molecule has 0 spiro atoms. The lowest BCUT2D eigenvalue weighted by molar-refractivity contribution is 0.313. The van der Waals surface area contributed by atoms with Crippen LogP contribution in [0.25, 0.3) is 20.1 Å². The van der Waals surface area contributed by atoms with Crippen LogP contribution in [0.1, 0.15) is 83.6 Å². The van der Waals surface area contributed by atoms with Gasteiger partial charge in [-0.05, 0) is 30.9 Å². The van der Waals surface area contributed by atoms with Crippen LogP contribution >= 0.6 is 22.7 Å². The van der Waals surface area contributed by atoms with Crippen LogP contribution in [-0.4, -0.2) is 16.6 Å². The van der Waals surface area contributed by atoms with Gasteiger partial charge in [0.15, 0.2) is 10.9 Å². The number of fused-ring (bicyclic) bond motifs is 1. The van der Waals surface area contributed by atoms with Crippen LogP contribution in [0.3, 0.4) is 0 Å². The molecule has 0 aliphatic carbocycles. The molecular formula is C24H34N2OS2. The predicted molar refractivity (Wildman–Crippen MR) is 127 cm³/mol. The highest BCUT2D eigenvalue weighted by molar-refractivity contribution is 7.30. The number of unbranched alkanes of at least 4 members (excludes halogenated alkanes) is 8. The van der Waals surface area contributed by atoms with Crippen molar-refractivity contribution in [2.24, 2.45) is 0 Å². The van der Waals surface area contributed by atoms with Crippen LogP contribution in [0.2, 0.25) is 0 Å². The van der Waals surface area contributed by atoms with E-state index in [2.05, 4.69) is 35.9 Å². The van der Waals surface area contributed by atoms with Gasteiger partial charge in [0.2, 0.25) is 0 Å². The van der Waals surface area contributed by atoms with E-state index in [-0.39, 0.29) is 0 Å². The molecule has 0 unspecified atom stereocenters. The maximum Gasteiger partial charge on any atom is 0.175 e. The highest BCUT2D eigenvalue weighted by atomic mass is 32.1. The second kappa shape index (κ2) is 12.3. The number of thiophene rings is 2. The molecule has 0 N–H and O–H groups in total. The zero-order chi connectivity index (χ0) is 20.3. The van der Waals surface area contributed by atoms with Crippen molar-refractivity contribution in [3.8, 4) is 15.8 Å². The second-order valence-electron chi connectivity index (χ2n) is 7.75. The Bertz CT molecular complexity index is 807.